The molecule has 1 aromatic heterocycles. The molecule has 3 aromatic rings. The lowest BCUT2D eigenvalue weighted by Crippen LogP contribution is -2.30. The Kier molecular flexibility index (Phi) is 5.17. The van der Waals surface area contributed by atoms with Crippen LogP contribution in [0.25, 0.3) is 22.0 Å². The fourth-order valence-electron chi connectivity index (χ4n) is 5.17. The third kappa shape index (κ3) is 3.88. The first-order chi connectivity index (χ1) is 16.5. The summed E-state index contributed by atoms with van der Waals surface area (Å²) in [4.78, 5) is 27.5. The van der Waals surface area contributed by atoms with Crippen molar-refractivity contribution in [3.63, 3.8) is 0 Å². The van der Waals surface area contributed by atoms with Gasteiger partial charge in [-0.15, -0.1) is 0 Å². The lowest BCUT2D eigenvalue weighted by Gasteiger charge is -2.20. The number of aromatic amines is 1. The summed E-state index contributed by atoms with van der Waals surface area (Å²) in [6.07, 6.45) is 8.46. The van der Waals surface area contributed by atoms with Gasteiger partial charge in [0.15, 0.2) is 0 Å². The van der Waals surface area contributed by atoms with Gasteiger partial charge in [-0.05, 0) is 67.3 Å². The van der Waals surface area contributed by atoms with Crippen LogP contribution in [-0.2, 0) is 9.59 Å². The van der Waals surface area contributed by atoms with Gasteiger partial charge in [-0.2, -0.15) is 5.10 Å². The van der Waals surface area contributed by atoms with Crippen LogP contribution in [0.5, 0.6) is 0 Å². The minimum atomic E-state index is -0.273. The quantitative estimate of drug-likeness (QED) is 0.626. The van der Waals surface area contributed by atoms with E-state index in [4.69, 9.17) is 0 Å². The summed E-state index contributed by atoms with van der Waals surface area (Å²) in [6, 6.07) is 14.7. The van der Waals surface area contributed by atoms with Gasteiger partial charge in [0.1, 0.15) is 11.7 Å². The van der Waals surface area contributed by atoms with E-state index in [9.17, 15) is 9.59 Å². The van der Waals surface area contributed by atoms with Crippen LogP contribution in [0.3, 0.4) is 0 Å². The van der Waals surface area contributed by atoms with Crippen molar-refractivity contribution in [3.8, 4) is 11.1 Å². The van der Waals surface area contributed by atoms with Gasteiger partial charge < -0.3 is 9.80 Å². The van der Waals surface area contributed by atoms with Crippen molar-refractivity contribution in [2.45, 2.75) is 50.2 Å². The van der Waals surface area contributed by atoms with Gasteiger partial charge in [0, 0.05) is 31.4 Å². The average molecular weight is 458 g/mol. The van der Waals surface area contributed by atoms with E-state index in [0.29, 0.717) is 11.8 Å². The molecule has 0 radical (unpaired) electrons. The third-order valence-corrected chi connectivity index (χ3v) is 7.62. The molecule has 7 rings (SSSR count). The molecule has 3 heterocycles. The standard InChI is InChI=1S/C19H18N4O.C8H13NO/c1-23-17(21-19(8-9-19)18(23)24)13-4-2-12(3-5-13)14-6-7-16-15(10-14)11-20-22-16;10-8(7-3-4-7)9-5-1-2-6-9/h2-7,10-11,17,21H,8-9H2,1H3,(H,20,22);7H,1-6H2. The maximum atomic E-state index is 12.3. The number of carbonyl (C=O) groups is 2. The Balaban J connectivity index is 0.000000182. The number of nitrogens with zero attached hydrogens (tertiary/aromatic N) is 3. The monoisotopic (exact) mass is 457 g/mol. The summed E-state index contributed by atoms with van der Waals surface area (Å²) in [5.74, 6) is 1.08. The number of nitrogens with one attached hydrogen (secondary N) is 2. The molecular formula is C27H31N5O2. The van der Waals surface area contributed by atoms with Gasteiger partial charge in [0.05, 0.1) is 11.7 Å². The number of hydrogen-bond donors (Lipinski definition) is 2. The van der Waals surface area contributed by atoms with E-state index in [1.54, 1.807) is 0 Å². The molecule has 7 nitrogen and oxygen atoms in total. The first-order valence-electron chi connectivity index (χ1n) is 12.4. The van der Waals surface area contributed by atoms with Crippen LogP contribution in [0, 0.1) is 5.92 Å². The molecule has 2 aliphatic carbocycles. The Labute approximate surface area is 199 Å². The van der Waals surface area contributed by atoms with Crippen LogP contribution in [-0.4, -0.2) is 57.5 Å². The van der Waals surface area contributed by atoms with Crippen molar-refractivity contribution in [2.75, 3.05) is 20.1 Å². The molecule has 7 heteroatoms. The fourth-order valence-corrected chi connectivity index (χ4v) is 5.17. The predicted molar refractivity (Wildman–Crippen MR) is 131 cm³/mol. The Morgan fingerprint density at radius 3 is 2.38 bits per heavy atom. The van der Waals surface area contributed by atoms with Crippen molar-refractivity contribution in [3.05, 3.63) is 54.2 Å². The Hall–Kier alpha value is -3.19. The maximum absolute atomic E-state index is 12.3. The summed E-state index contributed by atoms with van der Waals surface area (Å²) >= 11 is 0. The topological polar surface area (TPSA) is 81.3 Å². The van der Waals surface area contributed by atoms with Crippen molar-refractivity contribution < 1.29 is 9.59 Å². The molecule has 2 aromatic carbocycles. The smallest absolute Gasteiger partial charge is 0.244 e. The number of fused-ring (bicyclic) bond motifs is 1. The lowest BCUT2D eigenvalue weighted by atomic mass is 10.0. The largest absolute Gasteiger partial charge is 0.342 e. The second-order valence-electron chi connectivity index (χ2n) is 10.1. The first kappa shape index (κ1) is 21.4. The highest BCUT2D eigenvalue weighted by Crippen LogP contribution is 2.45. The highest BCUT2D eigenvalue weighted by atomic mass is 16.2. The average Bonchev–Trinajstić information content (AvgIpc) is 3.73. The number of likely N-dealkylation sites (tertiary alicyclic amines) is 1. The second-order valence-corrected chi connectivity index (χ2v) is 10.1. The molecule has 2 saturated carbocycles. The SMILES string of the molecule is CN1C(=O)C2(CC2)NC1c1ccc(-c2ccc3[nH]ncc3c2)cc1.O=C(C1CC1)N1CCCC1. The number of carbonyl (C=O) groups excluding carboxylic acids is 2. The molecular weight excluding hydrogens is 426 g/mol. The summed E-state index contributed by atoms with van der Waals surface area (Å²) < 4.78 is 0. The highest BCUT2D eigenvalue weighted by Gasteiger charge is 2.58. The molecule has 4 aliphatic rings. The van der Waals surface area contributed by atoms with Gasteiger partial charge >= 0.3 is 0 Å². The molecule has 1 unspecified atom stereocenters. The van der Waals surface area contributed by atoms with Crippen molar-refractivity contribution in [2.24, 2.45) is 5.92 Å². The zero-order chi connectivity index (χ0) is 23.3. The van der Waals surface area contributed by atoms with Crippen molar-refractivity contribution in [1.29, 1.82) is 0 Å². The number of amides is 2. The third-order valence-electron chi connectivity index (χ3n) is 7.62. The maximum Gasteiger partial charge on any atom is 0.244 e. The highest BCUT2D eigenvalue weighted by molar-refractivity contribution is 5.91. The molecule has 2 saturated heterocycles. The molecule has 2 amide bonds. The minimum Gasteiger partial charge on any atom is -0.342 e. The van der Waals surface area contributed by atoms with Gasteiger partial charge in [-0.25, -0.2) is 0 Å². The van der Waals surface area contributed by atoms with Crippen molar-refractivity contribution >= 4 is 22.7 Å². The summed E-state index contributed by atoms with van der Waals surface area (Å²) in [6.45, 7) is 2.05. The normalized spacial score (nSPS) is 22.9. The number of likely N-dealkylation sites (N-methyl/N-ethyl adjacent to an activating group) is 1. The number of hydrogen-bond acceptors (Lipinski definition) is 4. The van der Waals surface area contributed by atoms with Crippen LogP contribution in [0.1, 0.15) is 50.3 Å². The van der Waals surface area contributed by atoms with Crippen molar-refractivity contribution in [1.82, 2.24) is 25.3 Å². The number of benzene rings is 2. The van der Waals surface area contributed by atoms with Gasteiger partial charge in [0.2, 0.25) is 11.8 Å². The zero-order valence-electron chi connectivity index (χ0n) is 19.6. The second kappa shape index (κ2) is 8.24. The van der Waals surface area contributed by atoms with E-state index in [1.165, 1.54) is 12.8 Å². The van der Waals surface area contributed by atoms with Crippen LogP contribution in [0.15, 0.2) is 48.7 Å². The fraction of sp³-hybridized carbons (Fsp3) is 0.444. The van der Waals surface area contributed by atoms with Gasteiger partial charge in [0.25, 0.3) is 0 Å². The number of aromatic nitrogens is 2. The predicted octanol–water partition coefficient (Wildman–Crippen LogP) is 3.84. The van der Waals surface area contributed by atoms with Gasteiger partial charge in [-0.3, -0.25) is 20.0 Å². The van der Waals surface area contributed by atoms with Crippen LogP contribution < -0.4 is 5.32 Å². The van der Waals surface area contributed by atoms with Crippen LogP contribution >= 0.6 is 0 Å². The summed E-state index contributed by atoms with van der Waals surface area (Å²) in [7, 11) is 1.88. The van der Waals surface area contributed by atoms with E-state index in [0.717, 1.165) is 66.4 Å². The van der Waals surface area contributed by atoms with E-state index in [1.807, 2.05) is 29.1 Å². The first-order valence-corrected chi connectivity index (χ1v) is 12.4. The molecule has 4 fully saturated rings. The molecule has 176 valence electrons. The molecule has 2 N–H and O–H groups in total. The molecule has 34 heavy (non-hydrogen) atoms. The Bertz CT molecular complexity index is 1220. The molecule has 1 atom stereocenters. The van der Waals surface area contributed by atoms with Gasteiger partial charge in [-0.1, -0.05) is 30.3 Å². The van der Waals surface area contributed by atoms with E-state index in [-0.39, 0.29) is 17.6 Å². The van der Waals surface area contributed by atoms with E-state index < -0.39 is 0 Å². The van der Waals surface area contributed by atoms with E-state index in [2.05, 4.69) is 51.9 Å². The van der Waals surface area contributed by atoms with Crippen LogP contribution in [0.4, 0.5) is 0 Å². The summed E-state index contributed by atoms with van der Waals surface area (Å²) in [5.41, 5.74) is 4.22. The Morgan fingerprint density at radius 2 is 1.74 bits per heavy atom. The van der Waals surface area contributed by atoms with Crippen LogP contribution in [0.2, 0.25) is 0 Å². The molecule has 0 bridgehead atoms. The minimum absolute atomic E-state index is 0.0228. The zero-order valence-corrected chi connectivity index (χ0v) is 19.6. The Morgan fingerprint density at radius 1 is 1.03 bits per heavy atom. The van der Waals surface area contributed by atoms with E-state index >= 15 is 0 Å². The molecule has 2 aliphatic heterocycles. The molecule has 1 spiro atoms. The lowest BCUT2D eigenvalue weighted by molar-refractivity contribution is -0.131. The number of rotatable bonds is 3. The number of H-pyrrole nitrogens is 1. The summed E-state index contributed by atoms with van der Waals surface area (Å²) in [5, 5.41) is 11.6.